The molecule has 6 rings (SSSR count). The van der Waals surface area contributed by atoms with Gasteiger partial charge in [-0.05, 0) is 78.8 Å². The summed E-state index contributed by atoms with van der Waals surface area (Å²) in [6, 6.07) is 34.3. The quantitative estimate of drug-likeness (QED) is 0.0322. The molecule has 2 aliphatic rings. The summed E-state index contributed by atoms with van der Waals surface area (Å²) in [6.45, 7) is 2.05. The van der Waals surface area contributed by atoms with Gasteiger partial charge in [-0.15, -0.1) is 0 Å². The van der Waals surface area contributed by atoms with E-state index in [1.165, 1.54) is 5.56 Å². The lowest BCUT2D eigenvalue weighted by molar-refractivity contribution is -0.132. The molecule has 4 aromatic rings. The molecule has 0 radical (unpaired) electrons. The van der Waals surface area contributed by atoms with Crippen LogP contribution in [0.15, 0.2) is 127 Å². The predicted octanol–water partition coefficient (Wildman–Crippen LogP) is 8.36. The standard InChI is InChI=1S/C29H32O5.C28H30O5/c1-20-8-6-10-22(16-20)23-11-7-9-21(17-23)18-24(30)14-15-26-25(27(31)19-28(26)32)12-4-2-3-5-13-29(33)34;29-23(18-20-9-8-12-22(17-20)21-10-4-3-5-11-21)15-16-25-24(26(30)19-27(25)31)13-6-1-2-7-14-28(32)33/h5-11,13,16-17,24-26,28,30,32H,2-4,12,18-19H2,1H3,(H,33,34);3-5,7-12,14,17,23-25,27,29,31H,1-2,6,13,18-19H2,(H,32,33)/b13-5+;14-7+/t24-,25-,26-,28-;23-,24-,25-,27-/m11/s1. The number of aryl methyl sites for hydroxylation is 1. The second-order valence-corrected chi connectivity index (χ2v) is 17.4. The average Bonchev–Trinajstić information content (AvgIpc) is 3.73. The van der Waals surface area contributed by atoms with Gasteiger partial charge >= 0.3 is 11.9 Å². The molecule has 350 valence electrons. The lowest BCUT2D eigenvalue weighted by Crippen LogP contribution is -2.20. The number of hydrogen-bond acceptors (Lipinski definition) is 8. The number of aliphatic hydroxyl groups is 4. The highest BCUT2D eigenvalue weighted by Gasteiger charge is 2.41. The number of carbonyl (C=O) groups excluding carboxylic acids is 2. The zero-order valence-electron chi connectivity index (χ0n) is 38.0. The van der Waals surface area contributed by atoms with Gasteiger partial charge in [0, 0.05) is 49.7 Å². The lowest BCUT2D eigenvalue weighted by Gasteiger charge is -2.15. The summed E-state index contributed by atoms with van der Waals surface area (Å²) in [5.41, 5.74) is 7.50. The normalized spacial score (nSPS) is 20.9. The van der Waals surface area contributed by atoms with Gasteiger partial charge in [0.1, 0.15) is 23.8 Å². The van der Waals surface area contributed by atoms with Crippen LogP contribution in [0, 0.1) is 54.3 Å². The molecule has 0 amide bonds. The maximum Gasteiger partial charge on any atom is 0.327 e. The molecule has 0 spiro atoms. The molecule has 6 N–H and O–H groups in total. The summed E-state index contributed by atoms with van der Waals surface area (Å²) < 4.78 is 0. The van der Waals surface area contributed by atoms with Crippen molar-refractivity contribution >= 4 is 23.5 Å². The Balaban J connectivity index is 0.000000251. The lowest BCUT2D eigenvalue weighted by atomic mass is 9.89. The SMILES string of the molecule is Cc1cccc(-c2cccc(C[C@H](O)C#C[C@H]3[C@H](O)CC(=O)[C@@H]3CCCC/C=C/C(=O)O)c2)c1.O=C(O)/C=C/CCCC[C@H]1C(=O)C[C@@H](O)[C@@H]1C#C[C@@H](O)Cc1cccc(-c2ccccc2)c1. The van der Waals surface area contributed by atoms with Gasteiger partial charge in [-0.1, -0.05) is 157 Å². The van der Waals surface area contributed by atoms with Crippen molar-refractivity contribution in [1.82, 2.24) is 0 Å². The van der Waals surface area contributed by atoms with Gasteiger partial charge in [0.25, 0.3) is 0 Å². The first-order valence-corrected chi connectivity index (χ1v) is 23.2. The molecule has 2 aliphatic carbocycles. The Kier molecular flexibility index (Phi) is 20.5. The maximum atomic E-state index is 12.4. The van der Waals surface area contributed by atoms with Gasteiger partial charge < -0.3 is 30.6 Å². The molecule has 0 saturated heterocycles. The highest BCUT2D eigenvalue weighted by molar-refractivity contribution is 5.85. The van der Waals surface area contributed by atoms with Crippen molar-refractivity contribution in [3.05, 3.63) is 144 Å². The fourth-order valence-corrected chi connectivity index (χ4v) is 8.75. The number of ketones is 2. The van der Waals surface area contributed by atoms with Crippen molar-refractivity contribution in [2.45, 2.75) is 108 Å². The van der Waals surface area contributed by atoms with E-state index < -0.39 is 48.2 Å². The monoisotopic (exact) mass is 906 g/mol. The van der Waals surface area contributed by atoms with E-state index in [4.69, 9.17) is 10.2 Å². The van der Waals surface area contributed by atoms with Crippen LogP contribution in [0.2, 0.25) is 0 Å². The molecule has 0 heterocycles. The molecule has 0 aromatic heterocycles. The van der Waals surface area contributed by atoms with Crippen molar-refractivity contribution < 1.29 is 49.8 Å². The third-order valence-corrected chi connectivity index (χ3v) is 12.1. The van der Waals surface area contributed by atoms with Crippen molar-refractivity contribution in [3.63, 3.8) is 0 Å². The number of carboxylic acid groups (broad SMARTS) is 2. The van der Waals surface area contributed by atoms with Gasteiger partial charge in [-0.2, -0.15) is 0 Å². The van der Waals surface area contributed by atoms with Crippen LogP contribution in [0.1, 0.15) is 80.9 Å². The Hall–Kier alpha value is -6.40. The van der Waals surface area contributed by atoms with Crippen LogP contribution in [0.5, 0.6) is 0 Å². The van der Waals surface area contributed by atoms with E-state index in [1.54, 1.807) is 12.2 Å². The van der Waals surface area contributed by atoms with E-state index in [0.717, 1.165) is 71.2 Å². The number of carbonyl (C=O) groups is 4. The predicted molar refractivity (Wildman–Crippen MR) is 259 cm³/mol. The van der Waals surface area contributed by atoms with Crippen LogP contribution < -0.4 is 0 Å². The fourth-order valence-electron chi connectivity index (χ4n) is 8.75. The number of aliphatic hydroxyl groups excluding tert-OH is 4. The van der Waals surface area contributed by atoms with Gasteiger partial charge in [-0.3, -0.25) is 9.59 Å². The van der Waals surface area contributed by atoms with E-state index in [-0.39, 0.29) is 36.2 Å². The van der Waals surface area contributed by atoms with Crippen LogP contribution in [-0.2, 0) is 32.0 Å². The topological polar surface area (TPSA) is 190 Å². The van der Waals surface area contributed by atoms with Crippen LogP contribution >= 0.6 is 0 Å². The van der Waals surface area contributed by atoms with Gasteiger partial charge in [0.2, 0.25) is 0 Å². The number of benzene rings is 4. The number of hydrogen-bond donors (Lipinski definition) is 6. The average molecular weight is 907 g/mol. The van der Waals surface area contributed by atoms with Gasteiger partial charge in [0.05, 0.1) is 24.0 Å². The third-order valence-electron chi connectivity index (χ3n) is 12.1. The van der Waals surface area contributed by atoms with Crippen LogP contribution in [0.3, 0.4) is 0 Å². The molecule has 8 atom stereocenters. The van der Waals surface area contributed by atoms with E-state index in [9.17, 15) is 39.6 Å². The van der Waals surface area contributed by atoms with Crippen LogP contribution in [0.4, 0.5) is 0 Å². The number of rotatable bonds is 18. The van der Waals surface area contributed by atoms with Crippen molar-refractivity contribution in [2.75, 3.05) is 0 Å². The third kappa shape index (κ3) is 17.1. The Morgan fingerprint density at radius 3 is 1.45 bits per heavy atom. The molecular formula is C57H62O10. The molecule has 2 fully saturated rings. The minimum atomic E-state index is -0.968. The molecule has 10 nitrogen and oxygen atoms in total. The van der Waals surface area contributed by atoms with Crippen molar-refractivity contribution in [1.29, 1.82) is 0 Å². The van der Waals surface area contributed by atoms with Crippen LogP contribution in [0.25, 0.3) is 22.3 Å². The maximum absolute atomic E-state index is 12.4. The van der Waals surface area contributed by atoms with E-state index >= 15 is 0 Å². The second-order valence-electron chi connectivity index (χ2n) is 17.4. The van der Waals surface area contributed by atoms with Crippen LogP contribution in [-0.4, -0.2) is 78.6 Å². The Morgan fingerprint density at radius 1 is 0.582 bits per heavy atom. The highest BCUT2D eigenvalue weighted by atomic mass is 16.4. The second kappa shape index (κ2) is 26.7. The molecule has 67 heavy (non-hydrogen) atoms. The number of allylic oxidation sites excluding steroid dienone is 2. The Bertz CT molecular complexity index is 2470. The smallest absolute Gasteiger partial charge is 0.327 e. The highest BCUT2D eigenvalue weighted by Crippen LogP contribution is 2.34. The van der Waals surface area contributed by atoms with Crippen molar-refractivity contribution in [3.8, 4) is 45.9 Å². The summed E-state index contributed by atoms with van der Waals surface area (Å²) in [5, 5.41) is 58.9. The zero-order chi connectivity index (χ0) is 48.1. The van der Waals surface area contributed by atoms with Gasteiger partial charge in [-0.25, -0.2) is 9.59 Å². The first-order chi connectivity index (χ1) is 32.3. The molecule has 10 heteroatoms. The molecule has 0 aliphatic heterocycles. The molecule has 4 aromatic carbocycles. The van der Waals surface area contributed by atoms with E-state index in [0.29, 0.717) is 38.5 Å². The fraction of sp³-hybridized carbons (Fsp3) is 0.368. The summed E-state index contributed by atoms with van der Waals surface area (Å²) >= 11 is 0. The summed E-state index contributed by atoms with van der Waals surface area (Å²) in [5.74, 6) is 8.13. The summed E-state index contributed by atoms with van der Waals surface area (Å²) in [4.78, 5) is 45.7. The minimum absolute atomic E-state index is 0.00734. The molecule has 0 unspecified atom stereocenters. The number of unbranched alkanes of at least 4 members (excludes halogenated alkanes) is 4. The molecule has 0 bridgehead atoms. The number of Topliss-reactive ketones (excluding diaryl/α,β-unsaturated/α-hetero) is 2. The van der Waals surface area contributed by atoms with E-state index in [1.807, 2.05) is 78.9 Å². The first kappa shape index (κ1) is 51.6. The number of aliphatic carboxylic acids is 2. The van der Waals surface area contributed by atoms with Crippen molar-refractivity contribution in [2.24, 2.45) is 23.7 Å². The summed E-state index contributed by atoms with van der Waals surface area (Å²) in [7, 11) is 0. The molecular weight excluding hydrogens is 845 g/mol. The minimum Gasteiger partial charge on any atom is -0.478 e. The Labute approximate surface area is 394 Å². The summed E-state index contributed by atoms with van der Waals surface area (Å²) in [6.07, 6.45) is 8.48. The largest absolute Gasteiger partial charge is 0.478 e. The van der Waals surface area contributed by atoms with Gasteiger partial charge in [0.15, 0.2) is 0 Å². The Morgan fingerprint density at radius 2 is 1.00 bits per heavy atom. The first-order valence-electron chi connectivity index (χ1n) is 23.2. The number of carboxylic acids is 2. The molecule has 2 saturated carbocycles. The van der Waals surface area contributed by atoms with E-state index in [2.05, 4.69) is 54.9 Å². The zero-order valence-corrected chi connectivity index (χ0v) is 38.0.